The van der Waals surface area contributed by atoms with Crippen LogP contribution in [0.4, 0.5) is 5.82 Å². The average Bonchev–Trinajstić information content (AvgIpc) is 3.09. The molecule has 0 atom stereocenters. The maximum absolute atomic E-state index is 12.7. The van der Waals surface area contributed by atoms with Gasteiger partial charge in [0.1, 0.15) is 5.82 Å². The second-order valence-corrected chi connectivity index (χ2v) is 7.78. The van der Waals surface area contributed by atoms with E-state index in [9.17, 15) is 4.79 Å². The highest BCUT2D eigenvalue weighted by Gasteiger charge is 2.30. The molecular formula is C17H23N5OS. The highest BCUT2D eigenvalue weighted by molar-refractivity contribution is 7.99. The fraction of sp³-hybridized carbons (Fsp3) is 0.588. The molecule has 2 saturated heterocycles. The zero-order valence-corrected chi connectivity index (χ0v) is 14.8. The van der Waals surface area contributed by atoms with Gasteiger partial charge in [0.25, 0.3) is 0 Å². The SMILES string of the molecule is Cc1cc(N2CCC(C(=O)N3CCSCC3)CC2)n2nccc2n1. The summed E-state index contributed by atoms with van der Waals surface area (Å²) < 4.78 is 1.90. The van der Waals surface area contributed by atoms with E-state index in [-0.39, 0.29) is 5.92 Å². The summed E-state index contributed by atoms with van der Waals surface area (Å²) >= 11 is 1.95. The first-order valence-corrected chi connectivity index (χ1v) is 9.81. The Labute approximate surface area is 146 Å². The number of hydrogen-bond donors (Lipinski definition) is 0. The van der Waals surface area contributed by atoms with Gasteiger partial charge in [0, 0.05) is 61.4 Å². The average molecular weight is 345 g/mol. The van der Waals surface area contributed by atoms with Crippen molar-refractivity contribution in [2.45, 2.75) is 19.8 Å². The second kappa shape index (κ2) is 6.63. The topological polar surface area (TPSA) is 53.7 Å². The summed E-state index contributed by atoms with van der Waals surface area (Å²) in [6.45, 7) is 5.65. The van der Waals surface area contributed by atoms with Crippen molar-refractivity contribution >= 4 is 29.1 Å². The number of carbonyl (C=O) groups is 1. The predicted octanol–water partition coefficient (Wildman–Crippen LogP) is 1.83. The first-order chi connectivity index (χ1) is 11.7. The van der Waals surface area contributed by atoms with Gasteiger partial charge < -0.3 is 9.80 Å². The number of carbonyl (C=O) groups excluding carboxylic acids is 1. The van der Waals surface area contributed by atoms with Gasteiger partial charge in [-0.15, -0.1) is 0 Å². The largest absolute Gasteiger partial charge is 0.356 e. The van der Waals surface area contributed by atoms with Crippen molar-refractivity contribution in [3.63, 3.8) is 0 Å². The summed E-state index contributed by atoms with van der Waals surface area (Å²) in [4.78, 5) is 21.6. The molecule has 2 aliphatic rings. The number of fused-ring (bicyclic) bond motifs is 1. The van der Waals surface area contributed by atoms with Gasteiger partial charge in [-0.25, -0.2) is 4.98 Å². The van der Waals surface area contributed by atoms with Crippen LogP contribution in [0.2, 0.25) is 0 Å². The van der Waals surface area contributed by atoms with E-state index < -0.39 is 0 Å². The van der Waals surface area contributed by atoms with Crippen molar-refractivity contribution in [2.75, 3.05) is 42.6 Å². The molecule has 0 aliphatic carbocycles. The molecule has 2 aliphatic heterocycles. The number of aryl methyl sites for hydroxylation is 1. The van der Waals surface area contributed by atoms with Crippen LogP contribution in [0.3, 0.4) is 0 Å². The third kappa shape index (κ3) is 2.97. The van der Waals surface area contributed by atoms with Crippen molar-refractivity contribution in [3.8, 4) is 0 Å². The molecule has 0 spiro atoms. The molecule has 4 heterocycles. The second-order valence-electron chi connectivity index (χ2n) is 6.56. The van der Waals surface area contributed by atoms with Gasteiger partial charge in [-0.1, -0.05) is 0 Å². The minimum absolute atomic E-state index is 0.181. The Kier molecular flexibility index (Phi) is 4.35. The van der Waals surface area contributed by atoms with Crippen LogP contribution >= 0.6 is 11.8 Å². The van der Waals surface area contributed by atoms with Crippen LogP contribution in [0.15, 0.2) is 18.3 Å². The monoisotopic (exact) mass is 345 g/mol. The highest BCUT2D eigenvalue weighted by atomic mass is 32.2. The first kappa shape index (κ1) is 15.7. The molecule has 2 aromatic rings. The maximum atomic E-state index is 12.7. The van der Waals surface area contributed by atoms with E-state index in [1.165, 1.54) is 0 Å². The number of piperidine rings is 1. The number of aromatic nitrogens is 3. The fourth-order valence-electron chi connectivity index (χ4n) is 3.64. The standard InChI is InChI=1S/C17H23N5OS/c1-13-12-16(22-15(19-13)2-5-18-22)20-6-3-14(4-7-20)17(23)21-8-10-24-11-9-21/h2,5,12,14H,3-4,6-11H2,1H3. The quantitative estimate of drug-likeness (QED) is 0.831. The van der Waals surface area contributed by atoms with E-state index in [0.29, 0.717) is 5.91 Å². The fourth-order valence-corrected chi connectivity index (χ4v) is 4.54. The summed E-state index contributed by atoms with van der Waals surface area (Å²) in [5, 5.41) is 4.40. The van der Waals surface area contributed by atoms with E-state index in [4.69, 9.17) is 0 Å². The molecule has 24 heavy (non-hydrogen) atoms. The first-order valence-electron chi connectivity index (χ1n) is 8.65. The minimum atomic E-state index is 0.181. The van der Waals surface area contributed by atoms with E-state index >= 15 is 0 Å². The number of thioether (sulfide) groups is 1. The predicted molar refractivity (Wildman–Crippen MR) is 96.6 cm³/mol. The summed E-state index contributed by atoms with van der Waals surface area (Å²) in [7, 11) is 0. The molecule has 0 saturated carbocycles. The Hall–Kier alpha value is -1.76. The van der Waals surface area contributed by atoms with Gasteiger partial charge in [-0.05, 0) is 19.8 Å². The molecule has 1 amide bonds. The van der Waals surface area contributed by atoms with Crippen molar-refractivity contribution in [2.24, 2.45) is 5.92 Å². The normalized spacial score (nSPS) is 19.9. The van der Waals surface area contributed by atoms with E-state index in [2.05, 4.69) is 25.9 Å². The smallest absolute Gasteiger partial charge is 0.225 e. The Morgan fingerprint density at radius 1 is 1.21 bits per heavy atom. The van der Waals surface area contributed by atoms with Crippen LogP contribution < -0.4 is 4.90 Å². The number of amides is 1. The van der Waals surface area contributed by atoms with E-state index in [0.717, 1.165) is 67.7 Å². The highest BCUT2D eigenvalue weighted by Crippen LogP contribution is 2.26. The minimum Gasteiger partial charge on any atom is -0.356 e. The van der Waals surface area contributed by atoms with Crippen molar-refractivity contribution in [1.82, 2.24) is 19.5 Å². The molecule has 4 rings (SSSR count). The Balaban J connectivity index is 1.45. The summed E-state index contributed by atoms with van der Waals surface area (Å²) in [6, 6.07) is 4.02. The van der Waals surface area contributed by atoms with Gasteiger partial charge in [-0.3, -0.25) is 4.79 Å². The molecule has 6 nitrogen and oxygen atoms in total. The molecule has 7 heteroatoms. The zero-order chi connectivity index (χ0) is 16.5. The number of anilines is 1. The van der Waals surface area contributed by atoms with Crippen LogP contribution in [0.25, 0.3) is 5.65 Å². The lowest BCUT2D eigenvalue weighted by molar-refractivity contribution is -0.135. The zero-order valence-electron chi connectivity index (χ0n) is 14.0. The van der Waals surface area contributed by atoms with Gasteiger partial charge in [0.05, 0.1) is 6.20 Å². The molecule has 128 valence electrons. The molecular weight excluding hydrogens is 322 g/mol. The third-order valence-corrected chi connectivity index (χ3v) is 5.90. The number of nitrogens with zero attached hydrogens (tertiary/aromatic N) is 5. The summed E-state index contributed by atoms with van der Waals surface area (Å²) in [5.74, 6) is 3.80. The summed E-state index contributed by atoms with van der Waals surface area (Å²) in [6.07, 6.45) is 3.63. The van der Waals surface area contributed by atoms with Gasteiger partial charge in [-0.2, -0.15) is 21.4 Å². The van der Waals surface area contributed by atoms with Crippen LogP contribution in [0, 0.1) is 12.8 Å². The van der Waals surface area contributed by atoms with Crippen molar-refractivity contribution in [1.29, 1.82) is 0 Å². The van der Waals surface area contributed by atoms with Crippen LogP contribution in [0.1, 0.15) is 18.5 Å². The lowest BCUT2D eigenvalue weighted by Crippen LogP contribution is -2.45. The lowest BCUT2D eigenvalue weighted by Gasteiger charge is -2.36. The summed E-state index contributed by atoms with van der Waals surface area (Å²) in [5.41, 5.74) is 1.89. The number of hydrogen-bond acceptors (Lipinski definition) is 5. The van der Waals surface area contributed by atoms with Crippen molar-refractivity contribution < 1.29 is 4.79 Å². The molecule has 0 unspecified atom stereocenters. The van der Waals surface area contributed by atoms with Crippen LogP contribution in [0.5, 0.6) is 0 Å². The number of rotatable bonds is 2. The molecule has 0 bridgehead atoms. The molecule has 0 aromatic carbocycles. The lowest BCUT2D eigenvalue weighted by atomic mass is 9.95. The molecule has 2 fully saturated rings. The van der Waals surface area contributed by atoms with Crippen molar-refractivity contribution in [3.05, 3.63) is 24.0 Å². The van der Waals surface area contributed by atoms with Crippen LogP contribution in [-0.2, 0) is 4.79 Å². The third-order valence-electron chi connectivity index (χ3n) is 4.96. The van der Waals surface area contributed by atoms with Crippen LogP contribution in [-0.4, -0.2) is 63.1 Å². The molecule has 2 aromatic heterocycles. The van der Waals surface area contributed by atoms with Gasteiger partial charge in [0.15, 0.2) is 5.65 Å². The Morgan fingerprint density at radius 2 is 1.96 bits per heavy atom. The van der Waals surface area contributed by atoms with E-state index in [1.54, 1.807) is 6.20 Å². The Bertz CT molecular complexity index is 732. The molecule has 0 radical (unpaired) electrons. The van der Waals surface area contributed by atoms with E-state index in [1.807, 2.05) is 29.3 Å². The maximum Gasteiger partial charge on any atom is 0.225 e. The molecule has 0 N–H and O–H groups in total. The van der Waals surface area contributed by atoms with Gasteiger partial charge in [0.2, 0.25) is 5.91 Å². The van der Waals surface area contributed by atoms with Gasteiger partial charge >= 0.3 is 0 Å². The Morgan fingerprint density at radius 3 is 2.71 bits per heavy atom.